The van der Waals surface area contributed by atoms with E-state index < -0.39 is 0 Å². The smallest absolute Gasteiger partial charge is 0.162 e. The topological polar surface area (TPSA) is 55.5 Å². The summed E-state index contributed by atoms with van der Waals surface area (Å²) in [7, 11) is 1.54. The number of rotatable bonds is 3. The monoisotopic (exact) mass is 269 g/mol. The minimum absolute atomic E-state index is 0.146. The molecule has 0 spiro atoms. The largest absolute Gasteiger partial charge is 0.504 e. The van der Waals surface area contributed by atoms with Gasteiger partial charge in [0.1, 0.15) is 0 Å². The van der Waals surface area contributed by atoms with Crippen LogP contribution in [0.1, 0.15) is 36.8 Å². The Morgan fingerprint density at radius 3 is 2.56 bits per heavy atom. The highest BCUT2D eigenvalue weighted by Crippen LogP contribution is 2.49. The van der Waals surface area contributed by atoms with Gasteiger partial charge in [0.2, 0.25) is 0 Å². The first-order chi connectivity index (χ1) is 8.55. The molecule has 0 radical (unpaired) electrons. The number of hydrogen-bond donors (Lipinski definition) is 2. The number of phenolic OH excluding ortho intramolecular Hbond substituents is 1. The second-order valence-corrected chi connectivity index (χ2v) is 5.51. The van der Waals surface area contributed by atoms with Crippen LogP contribution in [0, 0.1) is 6.92 Å². The number of halogens is 1. The van der Waals surface area contributed by atoms with Crippen molar-refractivity contribution in [1.82, 2.24) is 0 Å². The lowest BCUT2D eigenvalue weighted by molar-refractivity contribution is 0.353. The predicted octanol–water partition coefficient (Wildman–Crippen LogP) is 3.13. The molecular formula is C14H20ClNO2. The van der Waals surface area contributed by atoms with E-state index in [0.29, 0.717) is 17.3 Å². The lowest BCUT2D eigenvalue weighted by atomic mass is 9.76. The summed E-state index contributed by atoms with van der Waals surface area (Å²) in [6.07, 6.45) is 4.29. The van der Waals surface area contributed by atoms with Gasteiger partial charge in [-0.3, -0.25) is 0 Å². The Morgan fingerprint density at radius 2 is 2.06 bits per heavy atom. The van der Waals surface area contributed by atoms with Crippen LogP contribution in [0.4, 0.5) is 0 Å². The van der Waals surface area contributed by atoms with Gasteiger partial charge in [-0.05, 0) is 25.3 Å². The Labute approximate surface area is 113 Å². The summed E-state index contributed by atoms with van der Waals surface area (Å²) in [5.74, 6) is 0.632. The molecule has 18 heavy (non-hydrogen) atoms. The van der Waals surface area contributed by atoms with Crippen LogP contribution >= 0.6 is 11.6 Å². The van der Waals surface area contributed by atoms with Gasteiger partial charge in [0.15, 0.2) is 11.5 Å². The van der Waals surface area contributed by atoms with Crippen molar-refractivity contribution in [3.05, 3.63) is 22.2 Å². The fourth-order valence-electron chi connectivity index (χ4n) is 3.12. The summed E-state index contributed by atoms with van der Waals surface area (Å²) in [5, 5.41) is 11.0. The number of hydrogen-bond acceptors (Lipinski definition) is 3. The molecule has 0 aromatic heterocycles. The van der Waals surface area contributed by atoms with Gasteiger partial charge < -0.3 is 15.6 Å². The summed E-state index contributed by atoms with van der Waals surface area (Å²) in [5.41, 5.74) is 7.64. The van der Waals surface area contributed by atoms with Crippen molar-refractivity contribution < 1.29 is 9.84 Å². The molecule has 1 fully saturated rings. The first-order valence-electron chi connectivity index (χ1n) is 6.32. The van der Waals surface area contributed by atoms with Crippen LogP contribution in [0.2, 0.25) is 5.02 Å². The third-order valence-electron chi connectivity index (χ3n) is 4.16. The van der Waals surface area contributed by atoms with Gasteiger partial charge in [-0.15, -0.1) is 0 Å². The summed E-state index contributed by atoms with van der Waals surface area (Å²) in [6.45, 7) is 2.47. The van der Waals surface area contributed by atoms with Gasteiger partial charge in [-0.2, -0.15) is 0 Å². The maximum absolute atomic E-state index is 10.4. The number of nitrogens with two attached hydrogens (primary N) is 1. The van der Waals surface area contributed by atoms with Gasteiger partial charge in [-0.1, -0.05) is 24.4 Å². The number of benzene rings is 1. The maximum atomic E-state index is 10.4. The second-order valence-electron chi connectivity index (χ2n) is 5.10. The molecule has 0 saturated heterocycles. The second kappa shape index (κ2) is 4.98. The zero-order valence-electron chi connectivity index (χ0n) is 10.9. The average Bonchev–Trinajstić information content (AvgIpc) is 2.84. The van der Waals surface area contributed by atoms with Crippen LogP contribution in [0.15, 0.2) is 6.07 Å². The highest BCUT2D eigenvalue weighted by Gasteiger charge is 2.39. The number of ether oxygens (including phenoxy) is 1. The quantitative estimate of drug-likeness (QED) is 0.886. The molecule has 0 unspecified atom stereocenters. The van der Waals surface area contributed by atoms with E-state index in [0.717, 1.165) is 36.8 Å². The third kappa shape index (κ3) is 1.95. The van der Waals surface area contributed by atoms with E-state index in [-0.39, 0.29) is 11.2 Å². The van der Waals surface area contributed by atoms with Crippen molar-refractivity contribution in [1.29, 1.82) is 0 Å². The van der Waals surface area contributed by atoms with Gasteiger partial charge in [0.05, 0.1) is 7.11 Å². The number of methoxy groups -OCH3 is 1. The van der Waals surface area contributed by atoms with Gasteiger partial charge in [-0.25, -0.2) is 0 Å². The van der Waals surface area contributed by atoms with Crippen molar-refractivity contribution in [2.75, 3.05) is 13.7 Å². The average molecular weight is 270 g/mol. The van der Waals surface area contributed by atoms with Crippen LogP contribution in [0.3, 0.4) is 0 Å². The first kappa shape index (κ1) is 13.5. The molecule has 1 saturated carbocycles. The van der Waals surface area contributed by atoms with Crippen LogP contribution < -0.4 is 10.5 Å². The van der Waals surface area contributed by atoms with E-state index in [9.17, 15) is 5.11 Å². The molecule has 4 heteroatoms. The van der Waals surface area contributed by atoms with Gasteiger partial charge in [0, 0.05) is 28.6 Å². The van der Waals surface area contributed by atoms with Crippen LogP contribution in [-0.4, -0.2) is 18.8 Å². The third-order valence-corrected chi connectivity index (χ3v) is 4.56. The first-order valence-corrected chi connectivity index (χ1v) is 6.70. The Morgan fingerprint density at radius 1 is 1.44 bits per heavy atom. The molecule has 0 aliphatic heterocycles. The minimum Gasteiger partial charge on any atom is -0.504 e. The normalized spacial score (nSPS) is 18.0. The van der Waals surface area contributed by atoms with E-state index in [1.165, 1.54) is 7.11 Å². The summed E-state index contributed by atoms with van der Waals surface area (Å²) in [4.78, 5) is 0. The molecule has 3 nitrogen and oxygen atoms in total. The Hall–Kier alpha value is -0.930. The number of phenols is 1. The standard InChI is InChI=1S/C14H20ClNO2/c1-9-10(15)7-11(18-2)13(17)12(9)14(8-16)5-3-4-6-14/h7,17H,3-6,8,16H2,1-2H3. The minimum atomic E-state index is -0.146. The SMILES string of the molecule is COc1cc(Cl)c(C)c(C2(CN)CCCC2)c1O. The highest BCUT2D eigenvalue weighted by atomic mass is 35.5. The number of aromatic hydroxyl groups is 1. The van der Waals surface area contributed by atoms with Crippen molar-refractivity contribution in [2.45, 2.75) is 38.0 Å². The van der Waals surface area contributed by atoms with E-state index in [1.807, 2.05) is 6.92 Å². The molecule has 3 N–H and O–H groups in total. The molecule has 2 rings (SSSR count). The fourth-order valence-corrected chi connectivity index (χ4v) is 3.32. The van der Waals surface area contributed by atoms with Crippen molar-refractivity contribution in [2.24, 2.45) is 5.73 Å². The van der Waals surface area contributed by atoms with E-state index in [1.54, 1.807) is 6.07 Å². The van der Waals surface area contributed by atoms with Crippen molar-refractivity contribution >= 4 is 11.6 Å². The molecule has 0 atom stereocenters. The Bertz CT molecular complexity index is 454. The van der Waals surface area contributed by atoms with E-state index in [4.69, 9.17) is 22.1 Å². The van der Waals surface area contributed by atoms with Crippen LogP contribution in [0.5, 0.6) is 11.5 Å². The lowest BCUT2D eigenvalue weighted by Crippen LogP contribution is -2.33. The van der Waals surface area contributed by atoms with Crippen molar-refractivity contribution in [3.63, 3.8) is 0 Å². The van der Waals surface area contributed by atoms with Crippen LogP contribution in [0.25, 0.3) is 0 Å². The summed E-state index contributed by atoms with van der Waals surface area (Å²) in [6, 6.07) is 1.66. The zero-order chi connectivity index (χ0) is 13.3. The van der Waals surface area contributed by atoms with Crippen LogP contribution in [-0.2, 0) is 5.41 Å². The molecule has 1 aliphatic rings. The Kier molecular flexibility index (Phi) is 3.74. The predicted molar refractivity (Wildman–Crippen MR) is 73.6 cm³/mol. The maximum Gasteiger partial charge on any atom is 0.162 e. The highest BCUT2D eigenvalue weighted by molar-refractivity contribution is 6.31. The summed E-state index contributed by atoms with van der Waals surface area (Å²) >= 11 is 6.24. The molecular weight excluding hydrogens is 250 g/mol. The van der Waals surface area contributed by atoms with Gasteiger partial charge in [0.25, 0.3) is 0 Å². The summed E-state index contributed by atoms with van der Waals surface area (Å²) < 4.78 is 5.20. The van der Waals surface area contributed by atoms with Gasteiger partial charge >= 0.3 is 0 Å². The molecule has 1 aromatic carbocycles. The molecule has 0 heterocycles. The molecule has 100 valence electrons. The van der Waals surface area contributed by atoms with Crippen molar-refractivity contribution in [3.8, 4) is 11.5 Å². The lowest BCUT2D eigenvalue weighted by Gasteiger charge is -2.31. The molecule has 1 aromatic rings. The zero-order valence-corrected chi connectivity index (χ0v) is 11.7. The van der Waals surface area contributed by atoms with E-state index >= 15 is 0 Å². The fraction of sp³-hybridized carbons (Fsp3) is 0.571. The van der Waals surface area contributed by atoms with E-state index in [2.05, 4.69) is 0 Å². The molecule has 1 aliphatic carbocycles. The molecule has 0 amide bonds. The Balaban J connectivity index is 2.65. The molecule has 0 bridgehead atoms.